The van der Waals surface area contributed by atoms with Gasteiger partial charge >= 0.3 is 0 Å². The molecule has 10 nitrogen and oxygen atoms in total. The summed E-state index contributed by atoms with van der Waals surface area (Å²) in [5, 5.41) is 13.8. The van der Waals surface area contributed by atoms with Crippen molar-refractivity contribution in [3.05, 3.63) is 48.0 Å². The molecule has 0 spiro atoms. The monoisotopic (exact) mass is 440 g/mol. The van der Waals surface area contributed by atoms with E-state index in [9.17, 15) is 14.0 Å². The highest BCUT2D eigenvalue weighted by atomic mass is 19.1. The highest BCUT2D eigenvalue weighted by Gasteiger charge is 2.36. The van der Waals surface area contributed by atoms with E-state index in [0.29, 0.717) is 28.7 Å². The second kappa shape index (κ2) is 8.61. The van der Waals surface area contributed by atoms with Gasteiger partial charge in [0.2, 0.25) is 11.8 Å². The lowest BCUT2D eigenvalue weighted by atomic mass is 10.1. The van der Waals surface area contributed by atoms with Crippen molar-refractivity contribution in [2.45, 2.75) is 13.3 Å². The maximum atomic E-state index is 14.3. The van der Waals surface area contributed by atoms with Crippen LogP contribution in [0.1, 0.15) is 12.2 Å². The number of halogens is 1. The molecule has 0 aliphatic carbocycles. The second-order valence-electron chi connectivity index (χ2n) is 7.24. The number of anilines is 2. The summed E-state index contributed by atoms with van der Waals surface area (Å²) >= 11 is 0. The zero-order valence-corrected chi connectivity index (χ0v) is 17.7. The first-order valence-electron chi connectivity index (χ1n) is 9.79. The number of carbonyl (C=O) groups is 2. The number of aryl methyl sites for hydroxylation is 1. The summed E-state index contributed by atoms with van der Waals surface area (Å²) in [6.45, 7) is 1.81. The standard InChI is InChI=1S/C21H21FN6O4/c1-12-24-25-26-28(12)17-9-14(4-6-16(17)22)23-21(30)13-8-20(29)27(11-13)18-10-15(31-2)5-7-19(18)32-3/h4-7,9-10,13H,8,11H2,1-3H3,(H,23,30). The largest absolute Gasteiger partial charge is 0.497 e. The van der Waals surface area contributed by atoms with Crippen molar-refractivity contribution in [1.29, 1.82) is 0 Å². The first-order chi connectivity index (χ1) is 15.4. The minimum absolute atomic E-state index is 0.0341. The van der Waals surface area contributed by atoms with E-state index in [0.717, 1.165) is 0 Å². The predicted octanol–water partition coefficient (Wildman–Crippen LogP) is 2.12. The van der Waals surface area contributed by atoms with Crippen molar-refractivity contribution >= 4 is 23.2 Å². The molecule has 1 aliphatic heterocycles. The van der Waals surface area contributed by atoms with Crippen LogP contribution in [0.2, 0.25) is 0 Å². The zero-order chi connectivity index (χ0) is 22.8. The fraction of sp³-hybridized carbons (Fsp3) is 0.286. The summed E-state index contributed by atoms with van der Waals surface area (Å²) in [4.78, 5) is 27.1. The van der Waals surface area contributed by atoms with E-state index < -0.39 is 11.7 Å². The van der Waals surface area contributed by atoms with E-state index in [1.165, 1.54) is 42.0 Å². The Balaban J connectivity index is 1.53. The molecule has 1 unspecified atom stereocenters. The molecule has 4 rings (SSSR count). The third-order valence-corrected chi connectivity index (χ3v) is 5.24. The van der Waals surface area contributed by atoms with Gasteiger partial charge in [-0.05, 0) is 47.7 Å². The predicted molar refractivity (Wildman–Crippen MR) is 112 cm³/mol. The number of benzene rings is 2. The number of methoxy groups -OCH3 is 2. The Labute approximate surface area is 182 Å². The Kier molecular flexibility index (Phi) is 5.71. The van der Waals surface area contributed by atoms with Crippen molar-refractivity contribution in [3.63, 3.8) is 0 Å². The van der Waals surface area contributed by atoms with Crippen LogP contribution in [-0.4, -0.2) is 52.8 Å². The minimum atomic E-state index is -0.596. The topological polar surface area (TPSA) is 111 Å². The normalized spacial score (nSPS) is 15.7. The van der Waals surface area contributed by atoms with E-state index >= 15 is 0 Å². The Morgan fingerprint density at radius 1 is 1.16 bits per heavy atom. The van der Waals surface area contributed by atoms with Gasteiger partial charge in [0.15, 0.2) is 5.82 Å². The number of hydrogen-bond acceptors (Lipinski definition) is 7. The Morgan fingerprint density at radius 2 is 1.97 bits per heavy atom. The van der Waals surface area contributed by atoms with Crippen molar-refractivity contribution in [3.8, 4) is 17.2 Å². The van der Waals surface area contributed by atoms with Crippen LogP contribution in [0.25, 0.3) is 5.69 Å². The zero-order valence-electron chi connectivity index (χ0n) is 17.7. The maximum absolute atomic E-state index is 14.3. The molecule has 0 bridgehead atoms. The molecule has 1 fully saturated rings. The molecule has 1 aliphatic rings. The van der Waals surface area contributed by atoms with Crippen molar-refractivity contribution in [2.75, 3.05) is 31.0 Å². The molecule has 32 heavy (non-hydrogen) atoms. The molecule has 1 saturated heterocycles. The van der Waals surface area contributed by atoms with Gasteiger partial charge in [-0.1, -0.05) is 0 Å². The van der Waals surface area contributed by atoms with Gasteiger partial charge in [0.1, 0.15) is 23.0 Å². The van der Waals surface area contributed by atoms with Gasteiger partial charge in [-0.15, -0.1) is 5.10 Å². The first kappa shape index (κ1) is 21.2. The molecule has 2 heterocycles. The van der Waals surface area contributed by atoms with Crippen LogP contribution in [0.3, 0.4) is 0 Å². The molecule has 1 N–H and O–H groups in total. The molecule has 2 amide bonds. The van der Waals surface area contributed by atoms with Gasteiger partial charge in [-0.2, -0.15) is 4.68 Å². The number of hydrogen-bond donors (Lipinski definition) is 1. The van der Waals surface area contributed by atoms with Gasteiger partial charge in [0.05, 0.1) is 25.8 Å². The highest BCUT2D eigenvalue weighted by molar-refractivity contribution is 6.04. The smallest absolute Gasteiger partial charge is 0.229 e. The van der Waals surface area contributed by atoms with Crippen LogP contribution >= 0.6 is 0 Å². The van der Waals surface area contributed by atoms with E-state index in [4.69, 9.17) is 9.47 Å². The number of nitrogens with zero attached hydrogens (tertiary/aromatic N) is 5. The van der Waals surface area contributed by atoms with Gasteiger partial charge in [-0.3, -0.25) is 9.59 Å². The molecule has 1 atom stereocenters. The fourth-order valence-corrected chi connectivity index (χ4v) is 3.58. The number of rotatable bonds is 6. The van der Waals surface area contributed by atoms with Crippen molar-refractivity contribution < 1.29 is 23.5 Å². The summed E-state index contributed by atoms with van der Waals surface area (Å²) in [6.07, 6.45) is 0.0341. The van der Waals surface area contributed by atoms with Gasteiger partial charge in [0.25, 0.3) is 0 Å². The van der Waals surface area contributed by atoms with Crippen molar-refractivity contribution in [1.82, 2.24) is 20.2 Å². The van der Waals surface area contributed by atoms with E-state index in [1.54, 1.807) is 25.1 Å². The number of ether oxygens (including phenoxy) is 2. The fourth-order valence-electron chi connectivity index (χ4n) is 3.58. The highest BCUT2D eigenvalue weighted by Crippen LogP contribution is 2.36. The molecule has 1 aromatic heterocycles. The van der Waals surface area contributed by atoms with Gasteiger partial charge < -0.3 is 19.7 Å². The average molecular weight is 440 g/mol. The molecule has 11 heteroatoms. The Morgan fingerprint density at radius 3 is 2.66 bits per heavy atom. The lowest BCUT2D eigenvalue weighted by Crippen LogP contribution is -2.28. The summed E-state index contributed by atoms with van der Waals surface area (Å²) < 4.78 is 26.1. The number of tetrazole rings is 1. The molecule has 3 aromatic rings. The second-order valence-corrected chi connectivity index (χ2v) is 7.24. The van der Waals surface area contributed by atoms with Crippen LogP contribution in [-0.2, 0) is 9.59 Å². The third-order valence-electron chi connectivity index (χ3n) is 5.24. The minimum Gasteiger partial charge on any atom is -0.497 e. The average Bonchev–Trinajstić information content (AvgIpc) is 3.40. The third kappa shape index (κ3) is 3.96. The van der Waals surface area contributed by atoms with E-state index in [-0.39, 0.29) is 30.5 Å². The number of carbonyl (C=O) groups excluding carboxylic acids is 2. The number of amides is 2. The van der Waals surface area contributed by atoms with E-state index in [1.807, 2.05) is 0 Å². The summed E-state index contributed by atoms with van der Waals surface area (Å²) in [5.41, 5.74) is 1.01. The first-order valence-corrected chi connectivity index (χ1v) is 9.79. The molecular formula is C21H21FN6O4. The lowest BCUT2D eigenvalue weighted by Gasteiger charge is -2.20. The van der Waals surface area contributed by atoms with Crippen molar-refractivity contribution in [2.24, 2.45) is 5.92 Å². The van der Waals surface area contributed by atoms with Crippen LogP contribution < -0.4 is 19.7 Å². The quantitative estimate of drug-likeness (QED) is 0.625. The summed E-state index contributed by atoms with van der Waals surface area (Å²) in [5.74, 6) is -0.225. The summed E-state index contributed by atoms with van der Waals surface area (Å²) in [6, 6.07) is 9.23. The number of aromatic nitrogens is 4. The van der Waals surface area contributed by atoms with Crippen LogP contribution in [0.4, 0.5) is 15.8 Å². The molecule has 166 valence electrons. The number of nitrogens with one attached hydrogen (secondary N) is 1. The lowest BCUT2D eigenvalue weighted by molar-refractivity contribution is -0.122. The van der Waals surface area contributed by atoms with Crippen LogP contribution in [0, 0.1) is 18.7 Å². The summed E-state index contributed by atoms with van der Waals surface area (Å²) in [7, 11) is 3.04. The molecule has 0 radical (unpaired) electrons. The van der Waals surface area contributed by atoms with Gasteiger partial charge in [0, 0.05) is 24.7 Å². The van der Waals surface area contributed by atoms with Crippen LogP contribution in [0.5, 0.6) is 11.5 Å². The SMILES string of the molecule is COc1ccc(OC)c(N2CC(C(=O)Nc3ccc(F)c(-n4nnnc4C)c3)CC2=O)c1. The molecular weight excluding hydrogens is 419 g/mol. The molecule has 2 aromatic carbocycles. The Hall–Kier alpha value is -4.02. The molecule has 0 saturated carbocycles. The maximum Gasteiger partial charge on any atom is 0.229 e. The van der Waals surface area contributed by atoms with Crippen LogP contribution in [0.15, 0.2) is 36.4 Å². The van der Waals surface area contributed by atoms with E-state index in [2.05, 4.69) is 20.8 Å². The van der Waals surface area contributed by atoms with Gasteiger partial charge in [-0.25, -0.2) is 4.39 Å². The Bertz CT molecular complexity index is 1180.